The first-order valence-corrected chi connectivity index (χ1v) is 9.88. The van der Waals surface area contributed by atoms with E-state index in [0.717, 1.165) is 12.0 Å². The lowest BCUT2D eigenvalue weighted by atomic mass is 9.97. The molecule has 0 aromatic heterocycles. The van der Waals surface area contributed by atoms with E-state index in [0.29, 0.717) is 39.0 Å². The summed E-state index contributed by atoms with van der Waals surface area (Å²) in [7, 11) is 0. The van der Waals surface area contributed by atoms with Gasteiger partial charge in [0.25, 0.3) is 0 Å². The third-order valence-corrected chi connectivity index (χ3v) is 5.38. The SMILES string of the molecule is CC(CC(=O)N1CCN(C(=O)CCc2ccccc2)CC1)c1ccc(F)cc1. The van der Waals surface area contributed by atoms with Crippen molar-refractivity contribution in [3.05, 3.63) is 71.5 Å². The molecule has 0 N–H and O–H groups in total. The number of carbonyl (C=O) groups is 2. The summed E-state index contributed by atoms with van der Waals surface area (Å²) in [5, 5.41) is 0. The van der Waals surface area contributed by atoms with Gasteiger partial charge in [-0.25, -0.2) is 4.39 Å². The average molecular weight is 382 g/mol. The molecule has 0 bridgehead atoms. The summed E-state index contributed by atoms with van der Waals surface area (Å²) < 4.78 is 13.0. The van der Waals surface area contributed by atoms with Gasteiger partial charge in [0.2, 0.25) is 11.8 Å². The first-order valence-electron chi connectivity index (χ1n) is 9.88. The van der Waals surface area contributed by atoms with Crippen molar-refractivity contribution in [2.24, 2.45) is 0 Å². The molecule has 0 saturated carbocycles. The minimum atomic E-state index is -0.268. The van der Waals surface area contributed by atoms with Crippen LogP contribution >= 0.6 is 0 Å². The fourth-order valence-corrected chi connectivity index (χ4v) is 3.56. The predicted octanol–water partition coefficient (Wildman–Crippen LogP) is 3.62. The van der Waals surface area contributed by atoms with Gasteiger partial charge in [-0.15, -0.1) is 0 Å². The summed E-state index contributed by atoms with van der Waals surface area (Å²) in [5.74, 6) is 0.0119. The third-order valence-electron chi connectivity index (χ3n) is 5.38. The summed E-state index contributed by atoms with van der Waals surface area (Å²) >= 11 is 0. The molecule has 148 valence electrons. The van der Waals surface area contributed by atoms with Crippen LogP contribution in [-0.2, 0) is 16.0 Å². The normalized spacial score (nSPS) is 15.4. The molecule has 0 aliphatic carbocycles. The van der Waals surface area contributed by atoms with Crippen molar-refractivity contribution in [1.82, 2.24) is 9.80 Å². The van der Waals surface area contributed by atoms with Gasteiger partial charge in [-0.3, -0.25) is 9.59 Å². The maximum Gasteiger partial charge on any atom is 0.223 e. The van der Waals surface area contributed by atoms with Gasteiger partial charge in [0.15, 0.2) is 0 Å². The molecule has 2 amide bonds. The Kier molecular flexibility index (Phi) is 6.80. The number of aryl methyl sites for hydroxylation is 1. The summed E-state index contributed by atoms with van der Waals surface area (Å²) in [5.41, 5.74) is 2.13. The lowest BCUT2D eigenvalue weighted by molar-refractivity contribution is -0.139. The molecule has 4 nitrogen and oxygen atoms in total. The fourth-order valence-electron chi connectivity index (χ4n) is 3.56. The maximum absolute atomic E-state index is 13.0. The quantitative estimate of drug-likeness (QED) is 0.766. The van der Waals surface area contributed by atoms with Crippen LogP contribution in [0.15, 0.2) is 54.6 Å². The molecule has 28 heavy (non-hydrogen) atoms. The van der Waals surface area contributed by atoms with Crippen LogP contribution in [0.5, 0.6) is 0 Å². The van der Waals surface area contributed by atoms with Gasteiger partial charge in [-0.1, -0.05) is 49.4 Å². The standard InChI is InChI=1S/C23H27FN2O2/c1-18(20-8-10-21(24)11-9-20)17-23(28)26-15-13-25(14-16-26)22(27)12-7-19-5-3-2-4-6-19/h2-6,8-11,18H,7,12-17H2,1H3. The Morgan fingerprint density at radius 2 is 1.46 bits per heavy atom. The second kappa shape index (κ2) is 9.49. The number of hydrogen-bond acceptors (Lipinski definition) is 2. The number of rotatable bonds is 6. The average Bonchev–Trinajstić information content (AvgIpc) is 2.73. The van der Waals surface area contributed by atoms with Crippen molar-refractivity contribution >= 4 is 11.8 Å². The Morgan fingerprint density at radius 3 is 2.07 bits per heavy atom. The number of amides is 2. The van der Waals surface area contributed by atoms with E-state index in [9.17, 15) is 14.0 Å². The number of piperazine rings is 1. The van der Waals surface area contributed by atoms with Gasteiger partial charge in [0.1, 0.15) is 5.82 Å². The van der Waals surface area contributed by atoms with Gasteiger partial charge in [0, 0.05) is 39.0 Å². The third kappa shape index (κ3) is 5.41. The monoisotopic (exact) mass is 382 g/mol. The number of halogens is 1. The zero-order chi connectivity index (χ0) is 19.9. The van der Waals surface area contributed by atoms with Crippen molar-refractivity contribution in [2.75, 3.05) is 26.2 Å². The molecule has 5 heteroatoms. The molecular weight excluding hydrogens is 355 g/mol. The van der Waals surface area contributed by atoms with Gasteiger partial charge in [-0.05, 0) is 35.6 Å². The Morgan fingerprint density at radius 1 is 0.893 bits per heavy atom. The Hall–Kier alpha value is -2.69. The molecule has 1 atom stereocenters. The molecule has 0 spiro atoms. The van der Waals surface area contributed by atoms with Crippen molar-refractivity contribution in [3.63, 3.8) is 0 Å². The van der Waals surface area contributed by atoms with E-state index in [-0.39, 0.29) is 23.5 Å². The smallest absolute Gasteiger partial charge is 0.223 e. The second-order valence-corrected chi connectivity index (χ2v) is 7.40. The lowest BCUT2D eigenvalue weighted by Gasteiger charge is -2.35. The molecule has 1 unspecified atom stereocenters. The Labute approximate surface area is 166 Å². The lowest BCUT2D eigenvalue weighted by Crippen LogP contribution is -2.50. The Bertz CT molecular complexity index is 784. The predicted molar refractivity (Wildman–Crippen MR) is 107 cm³/mol. The summed E-state index contributed by atoms with van der Waals surface area (Å²) in [6.45, 7) is 4.31. The summed E-state index contributed by atoms with van der Waals surface area (Å²) in [6.07, 6.45) is 1.64. The zero-order valence-corrected chi connectivity index (χ0v) is 16.3. The van der Waals surface area contributed by atoms with Crippen LogP contribution in [0, 0.1) is 5.82 Å². The first-order chi connectivity index (χ1) is 13.5. The fraction of sp³-hybridized carbons (Fsp3) is 0.391. The van der Waals surface area contributed by atoms with Crippen molar-refractivity contribution in [2.45, 2.75) is 32.1 Å². The van der Waals surface area contributed by atoms with E-state index >= 15 is 0 Å². The minimum absolute atomic E-state index is 0.0404. The molecule has 1 saturated heterocycles. The van der Waals surface area contributed by atoms with E-state index in [2.05, 4.69) is 0 Å². The highest BCUT2D eigenvalue weighted by atomic mass is 19.1. The number of benzene rings is 2. The first kappa shape index (κ1) is 20.1. The molecule has 1 heterocycles. The van der Waals surface area contributed by atoms with Crippen molar-refractivity contribution in [3.8, 4) is 0 Å². The second-order valence-electron chi connectivity index (χ2n) is 7.40. The van der Waals surface area contributed by atoms with Gasteiger partial charge in [-0.2, -0.15) is 0 Å². The zero-order valence-electron chi connectivity index (χ0n) is 16.3. The van der Waals surface area contributed by atoms with Crippen LogP contribution in [0.25, 0.3) is 0 Å². The summed E-state index contributed by atoms with van der Waals surface area (Å²) in [4.78, 5) is 28.7. The van der Waals surface area contributed by atoms with E-state index in [1.807, 2.05) is 47.1 Å². The van der Waals surface area contributed by atoms with Crippen LogP contribution in [0.4, 0.5) is 4.39 Å². The van der Waals surface area contributed by atoms with E-state index in [4.69, 9.17) is 0 Å². The Balaban J connectivity index is 1.43. The van der Waals surface area contributed by atoms with Gasteiger partial charge < -0.3 is 9.80 Å². The van der Waals surface area contributed by atoms with Crippen LogP contribution in [0.3, 0.4) is 0 Å². The molecule has 1 aliphatic rings. The van der Waals surface area contributed by atoms with Crippen LogP contribution < -0.4 is 0 Å². The highest BCUT2D eigenvalue weighted by molar-refractivity contribution is 5.79. The van der Waals surface area contributed by atoms with Gasteiger partial charge in [0.05, 0.1) is 0 Å². The highest BCUT2D eigenvalue weighted by Crippen LogP contribution is 2.21. The van der Waals surface area contributed by atoms with E-state index in [1.54, 1.807) is 12.1 Å². The van der Waals surface area contributed by atoms with E-state index < -0.39 is 0 Å². The number of nitrogens with zero attached hydrogens (tertiary/aromatic N) is 2. The molecule has 3 rings (SSSR count). The highest BCUT2D eigenvalue weighted by Gasteiger charge is 2.25. The van der Waals surface area contributed by atoms with Crippen LogP contribution in [-0.4, -0.2) is 47.8 Å². The summed E-state index contributed by atoms with van der Waals surface area (Å²) in [6, 6.07) is 16.3. The minimum Gasteiger partial charge on any atom is -0.339 e. The van der Waals surface area contributed by atoms with Gasteiger partial charge >= 0.3 is 0 Å². The van der Waals surface area contributed by atoms with Crippen molar-refractivity contribution in [1.29, 1.82) is 0 Å². The topological polar surface area (TPSA) is 40.6 Å². The van der Waals surface area contributed by atoms with Crippen molar-refractivity contribution < 1.29 is 14.0 Å². The maximum atomic E-state index is 13.0. The molecular formula is C23H27FN2O2. The largest absolute Gasteiger partial charge is 0.339 e. The van der Waals surface area contributed by atoms with E-state index in [1.165, 1.54) is 17.7 Å². The molecule has 0 radical (unpaired) electrons. The molecule has 2 aromatic rings. The molecule has 1 fully saturated rings. The number of carbonyl (C=O) groups excluding carboxylic acids is 2. The molecule has 2 aromatic carbocycles. The molecule has 1 aliphatic heterocycles. The number of hydrogen-bond donors (Lipinski definition) is 0. The van der Waals surface area contributed by atoms with Crippen LogP contribution in [0.2, 0.25) is 0 Å². The van der Waals surface area contributed by atoms with Crippen LogP contribution in [0.1, 0.15) is 36.8 Å².